The summed E-state index contributed by atoms with van der Waals surface area (Å²) in [5.74, 6) is 2.56. The fourth-order valence-electron chi connectivity index (χ4n) is 1.99. The second-order valence-corrected chi connectivity index (χ2v) is 3.93. The van der Waals surface area contributed by atoms with E-state index in [0.717, 1.165) is 24.1 Å². The van der Waals surface area contributed by atoms with Crippen LogP contribution in [-0.4, -0.2) is 20.7 Å². The van der Waals surface area contributed by atoms with Crippen molar-refractivity contribution in [2.75, 3.05) is 20.7 Å². The van der Waals surface area contributed by atoms with Gasteiger partial charge in [-0.25, -0.2) is 0 Å². The van der Waals surface area contributed by atoms with Crippen LogP contribution < -0.4 is 10.1 Å². The summed E-state index contributed by atoms with van der Waals surface area (Å²) in [4.78, 5) is 0. The van der Waals surface area contributed by atoms with Crippen molar-refractivity contribution in [2.24, 2.45) is 5.92 Å². The minimum Gasteiger partial charge on any atom is -0.497 e. The molecule has 1 aromatic carbocycles. The summed E-state index contributed by atoms with van der Waals surface area (Å²) in [7, 11) is 3.72. The van der Waals surface area contributed by atoms with Crippen molar-refractivity contribution in [1.82, 2.24) is 5.32 Å². The molecule has 1 saturated carbocycles. The summed E-state index contributed by atoms with van der Waals surface area (Å²) in [5, 5.41) is 3.23. The smallest absolute Gasteiger partial charge is 0.118 e. The highest BCUT2D eigenvalue weighted by atomic mass is 16.5. The molecule has 0 amide bonds. The summed E-state index contributed by atoms with van der Waals surface area (Å²) in [6.45, 7) is 1.14. The predicted octanol–water partition coefficient (Wildman–Crippen LogP) is 2.02. The van der Waals surface area contributed by atoms with Crippen LogP contribution in [0.1, 0.15) is 17.9 Å². The fourth-order valence-corrected chi connectivity index (χ4v) is 1.99. The van der Waals surface area contributed by atoms with Crippen molar-refractivity contribution in [1.29, 1.82) is 0 Å². The Morgan fingerprint density at radius 1 is 1.36 bits per heavy atom. The molecule has 2 rings (SSSR count). The van der Waals surface area contributed by atoms with E-state index in [0.29, 0.717) is 0 Å². The number of nitrogens with one attached hydrogen (secondary N) is 1. The zero-order valence-corrected chi connectivity index (χ0v) is 8.79. The summed E-state index contributed by atoms with van der Waals surface area (Å²) in [6, 6.07) is 8.45. The van der Waals surface area contributed by atoms with Crippen LogP contribution in [0.5, 0.6) is 5.75 Å². The molecule has 0 aromatic heterocycles. The third kappa shape index (κ3) is 1.90. The van der Waals surface area contributed by atoms with Crippen LogP contribution in [0.4, 0.5) is 0 Å². The van der Waals surface area contributed by atoms with Gasteiger partial charge in [-0.2, -0.15) is 0 Å². The monoisotopic (exact) mass is 191 g/mol. The van der Waals surface area contributed by atoms with Crippen molar-refractivity contribution >= 4 is 0 Å². The molecule has 2 heteroatoms. The molecular formula is C12H17NO. The Balaban J connectivity index is 1.98. The molecule has 0 bridgehead atoms. The lowest BCUT2D eigenvalue weighted by Crippen LogP contribution is -2.10. The van der Waals surface area contributed by atoms with E-state index in [2.05, 4.69) is 17.4 Å². The number of hydrogen-bond donors (Lipinski definition) is 1. The van der Waals surface area contributed by atoms with Crippen LogP contribution >= 0.6 is 0 Å². The standard InChI is InChI=1S/C12H17NO/c1-13-8-10-7-12(10)9-3-5-11(14-2)6-4-9/h3-6,10,12-13H,7-8H2,1-2H3/t10-,12+/m1/s1. The van der Waals surface area contributed by atoms with E-state index >= 15 is 0 Å². The fraction of sp³-hybridized carbons (Fsp3) is 0.500. The van der Waals surface area contributed by atoms with Crippen molar-refractivity contribution < 1.29 is 4.74 Å². The molecule has 1 N–H and O–H groups in total. The molecule has 0 heterocycles. The van der Waals surface area contributed by atoms with Gasteiger partial charge in [0.15, 0.2) is 0 Å². The highest BCUT2D eigenvalue weighted by Gasteiger charge is 2.37. The normalized spacial score (nSPS) is 24.7. The Bertz CT molecular complexity index is 294. The van der Waals surface area contributed by atoms with Crippen molar-refractivity contribution in [2.45, 2.75) is 12.3 Å². The van der Waals surface area contributed by atoms with Crippen molar-refractivity contribution in [3.63, 3.8) is 0 Å². The van der Waals surface area contributed by atoms with Crippen LogP contribution in [0.3, 0.4) is 0 Å². The van der Waals surface area contributed by atoms with E-state index < -0.39 is 0 Å². The molecule has 76 valence electrons. The molecule has 0 saturated heterocycles. The van der Waals surface area contributed by atoms with E-state index in [1.54, 1.807) is 7.11 Å². The zero-order valence-electron chi connectivity index (χ0n) is 8.79. The Hall–Kier alpha value is -1.02. The molecule has 1 aromatic rings. The van der Waals surface area contributed by atoms with Gasteiger partial charge in [0.25, 0.3) is 0 Å². The third-order valence-electron chi connectivity index (χ3n) is 2.93. The molecule has 14 heavy (non-hydrogen) atoms. The van der Waals surface area contributed by atoms with Crippen molar-refractivity contribution in [3.8, 4) is 5.75 Å². The summed E-state index contributed by atoms with van der Waals surface area (Å²) in [6.07, 6.45) is 1.33. The minimum absolute atomic E-state index is 0.772. The second kappa shape index (κ2) is 4.01. The number of benzene rings is 1. The molecule has 0 spiro atoms. The molecular weight excluding hydrogens is 174 g/mol. The molecule has 0 radical (unpaired) electrons. The molecule has 1 aliphatic rings. The summed E-state index contributed by atoms with van der Waals surface area (Å²) < 4.78 is 5.13. The predicted molar refractivity (Wildman–Crippen MR) is 57.8 cm³/mol. The first kappa shape index (κ1) is 9.53. The number of rotatable bonds is 4. The summed E-state index contributed by atoms with van der Waals surface area (Å²) >= 11 is 0. The largest absolute Gasteiger partial charge is 0.497 e. The number of ether oxygens (including phenoxy) is 1. The average molecular weight is 191 g/mol. The molecule has 0 unspecified atom stereocenters. The topological polar surface area (TPSA) is 21.3 Å². The van der Waals surface area contributed by atoms with Gasteiger partial charge in [0.05, 0.1) is 7.11 Å². The maximum atomic E-state index is 5.13. The highest BCUT2D eigenvalue weighted by molar-refractivity contribution is 5.32. The van der Waals surface area contributed by atoms with E-state index in [1.807, 2.05) is 19.2 Å². The molecule has 2 nitrogen and oxygen atoms in total. The molecule has 2 atom stereocenters. The van der Waals surface area contributed by atoms with Gasteiger partial charge < -0.3 is 10.1 Å². The van der Waals surface area contributed by atoms with Gasteiger partial charge in [-0.3, -0.25) is 0 Å². The molecule has 0 aliphatic heterocycles. The van der Waals surface area contributed by atoms with Crippen LogP contribution in [0.15, 0.2) is 24.3 Å². The lowest BCUT2D eigenvalue weighted by atomic mass is 10.1. The van der Waals surface area contributed by atoms with Gasteiger partial charge in [0, 0.05) is 0 Å². The van der Waals surface area contributed by atoms with E-state index in [1.165, 1.54) is 12.0 Å². The zero-order chi connectivity index (χ0) is 9.97. The maximum absolute atomic E-state index is 5.13. The minimum atomic E-state index is 0.772. The van der Waals surface area contributed by atoms with Gasteiger partial charge in [-0.05, 0) is 49.5 Å². The first-order valence-corrected chi connectivity index (χ1v) is 5.13. The van der Waals surface area contributed by atoms with Gasteiger partial charge in [0.1, 0.15) is 5.75 Å². The SMILES string of the molecule is CNC[C@H]1C[C@H]1c1ccc(OC)cc1. The van der Waals surface area contributed by atoms with Crippen LogP contribution in [0.2, 0.25) is 0 Å². The Kier molecular flexibility index (Phi) is 2.73. The third-order valence-corrected chi connectivity index (χ3v) is 2.93. The lowest BCUT2D eigenvalue weighted by molar-refractivity contribution is 0.414. The van der Waals surface area contributed by atoms with E-state index in [4.69, 9.17) is 4.74 Å². The van der Waals surface area contributed by atoms with Gasteiger partial charge in [0.2, 0.25) is 0 Å². The highest BCUT2D eigenvalue weighted by Crippen LogP contribution is 2.47. The van der Waals surface area contributed by atoms with Gasteiger partial charge in [-0.15, -0.1) is 0 Å². The van der Waals surface area contributed by atoms with E-state index in [9.17, 15) is 0 Å². The second-order valence-electron chi connectivity index (χ2n) is 3.93. The Labute approximate surface area is 85.3 Å². The Morgan fingerprint density at radius 2 is 2.07 bits per heavy atom. The van der Waals surface area contributed by atoms with Gasteiger partial charge in [-0.1, -0.05) is 12.1 Å². The van der Waals surface area contributed by atoms with Gasteiger partial charge >= 0.3 is 0 Å². The maximum Gasteiger partial charge on any atom is 0.118 e. The van der Waals surface area contributed by atoms with E-state index in [-0.39, 0.29) is 0 Å². The number of methoxy groups -OCH3 is 1. The molecule has 1 fully saturated rings. The quantitative estimate of drug-likeness (QED) is 0.786. The summed E-state index contributed by atoms with van der Waals surface area (Å²) in [5.41, 5.74) is 1.45. The van der Waals surface area contributed by atoms with Crippen LogP contribution in [-0.2, 0) is 0 Å². The first-order valence-electron chi connectivity index (χ1n) is 5.13. The van der Waals surface area contributed by atoms with Crippen LogP contribution in [0.25, 0.3) is 0 Å². The average Bonchev–Trinajstić information content (AvgIpc) is 2.98. The lowest BCUT2D eigenvalue weighted by Gasteiger charge is -2.02. The molecule has 1 aliphatic carbocycles. The number of hydrogen-bond acceptors (Lipinski definition) is 2. The van der Waals surface area contributed by atoms with Crippen molar-refractivity contribution in [3.05, 3.63) is 29.8 Å². The van der Waals surface area contributed by atoms with Crippen LogP contribution in [0, 0.1) is 5.92 Å². The first-order chi connectivity index (χ1) is 6.85. The Morgan fingerprint density at radius 3 is 2.64 bits per heavy atom.